The van der Waals surface area contributed by atoms with Crippen LogP contribution in [0.5, 0.6) is 17.2 Å². The van der Waals surface area contributed by atoms with Gasteiger partial charge in [-0.25, -0.2) is 4.79 Å². The molecule has 6 heteroatoms. The zero-order valence-electron chi connectivity index (χ0n) is 15.4. The minimum atomic E-state index is -0.815. The fraction of sp³-hybridized carbons (Fsp3) is 0.238. The first-order valence-electron chi connectivity index (χ1n) is 8.66. The van der Waals surface area contributed by atoms with Crippen LogP contribution in [0.15, 0.2) is 57.9 Å². The monoisotopic (exact) mass is 368 g/mol. The lowest BCUT2D eigenvalue weighted by Gasteiger charge is -2.13. The van der Waals surface area contributed by atoms with Gasteiger partial charge in [0.1, 0.15) is 23.3 Å². The van der Waals surface area contributed by atoms with Crippen LogP contribution in [0, 0.1) is 0 Å². The Bertz CT molecular complexity index is 1020. The van der Waals surface area contributed by atoms with Crippen molar-refractivity contribution >= 4 is 17.1 Å². The van der Waals surface area contributed by atoms with Gasteiger partial charge in [0.2, 0.25) is 11.2 Å². The van der Waals surface area contributed by atoms with Gasteiger partial charge >= 0.3 is 6.16 Å². The number of benzene rings is 2. The summed E-state index contributed by atoms with van der Waals surface area (Å²) in [5.41, 5.74) is 0.971. The molecule has 0 aliphatic rings. The smallest absolute Gasteiger partial charge is 0.460 e. The van der Waals surface area contributed by atoms with Crippen molar-refractivity contribution in [3.05, 3.63) is 64.5 Å². The molecule has 0 unspecified atom stereocenters. The van der Waals surface area contributed by atoms with E-state index >= 15 is 0 Å². The summed E-state index contributed by atoms with van der Waals surface area (Å²) < 4.78 is 21.1. The topological polar surface area (TPSA) is 75.0 Å². The van der Waals surface area contributed by atoms with E-state index in [0.717, 1.165) is 5.56 Å². The first-order valence-corrected chi connectivity index (χ1v) is 8.66. The van der Waals surface area contributed by atoms with E-state index in [4.69, 9.17) is 18.6 Å². The van der Waals surface area contributed by atoms with Crippen LogP contribution < -0.4 is 14.9 Å². The predicted molar refractivity (Wildman–Crippen MR) is 101 cm³/mol. The van der Waals surface area contributed by atoms with Crippen molar-refractivity contribution in [3.8, 4) is 17.2 Å². The van der Waals surface area contributed by atoms with Gasteiger partial charge < -0.3 is 18.6 Å². The highest BCUT2D eigenvalue weighted by Crippen LogP contribution is 2.30. The van der Waals surface area contributed by atoms with Gasteiger partial charge in [0.05, 0.1) is 12.0 Å². The summed E-state index contributed by atoms with van der Waals surface area (Å²) in [7, 11) is 0. The molecule has 0 atom stereocenters. The van der Waals surface area contributed by atoms with Crippen molar-refractivity contribution in [3.63, 3.8) is 0 Å². The summed E-state index contributed by atoms with van der Waals surface area (Å²) in [5.74, 6) is 1.18. The molecule has 0 aliphatic carbocycles. The molecule has 1 heterocycles. The largest absolute Gasteiger partial charge is 0.513 e. The third-order valence-electron chi connectivity index (χ3n) is 3.94. The fourth-order valence-electron chi connectivity index (χ4n) is 2.64. The average molecular weight is 368 g/mol. The normalized spacial score (nSPS) is 10.8. The predicted octanol–water partition coefficient (Wildman–Crippen LogP) is 5.24. The number of rotatable bonds is 5. The zero-order chi connectivity index (χ0) is 19.4. The van der Waals surface area contributed by atoms with Gasteiger partial charge in [0.25, 0.3) is 0 Å². The molecule has 3 aromatic rings. The molecule has 0 saturated carbocycles. The van der Waals surface area contributed by atoms with Crippen LogP contribution in [0.25, 0.3) is 11.0 Å². The molecule has 6 nitrogen and oxygen atoms in total. The van der Waals surface area contributed by atoms with Gasteiger partial charge in [-0.3, -0.25) is 4.79 Å². The molecule has 0 N–H and O–H groups in total. The quantitative estimate of drug-likeness (QED) is 0.453. The van der Waals surface area contributed by atoms with E-state index in [1.807, 2.05) is 24.3 Å². The highest BCUT2D eigenvalue weighted by atomic mass is 16.7. The molecular formula is C21H20O6. The molecule has 0 spiro atoms. The number of hydrogen-bond donors (Lipinski definition) is 0. The molecule has 1 aromatic heterocycles. The van der Waals surface area contributed by atoms with E-state index < -0.39 is 6.16 Å². The van der Waals surface area contributed by atoms with Crippen molar-refractivity contribution in [2.75, 3.05) is 6.61 Å². The van der Waals surface area contributed by atoms with E-state index in [1.165, 1.54) is 24.5 Å². The molecule has 0 saturated heterocycles. The van der Waals surface area contributed by atoms with Gasteiger partial charge in [0.15, 0.2) is 0 Å². The van der Waals surface area contributed by atoms with Crippen molar-refractivity contribution < 1.29 is 23.4 Å². The maximum absolute atomic E-state index is 12.7. The molecule has 0 aliphatic heterocycles. The van der Waals surface area contributed by atoms with E-state index in [-0.39, 0.29) is 35.0 Å². The van der Waals surface area contributed by atoms with Crippen LogP contribution in [-0.2, 0) is 4.74 Å². The highest BCUT2D eigenvalue weighted by molar-refractivity contribution is 5.80. The summed E-state index contributed by atoms with van der Waals surface area (Å²) in [5, 5.41) is 0.325. The summed E-state index contributed by atoms with van der Waals surface area (Å²) in [6.07, 6.45) is 0.445. The summed E-state index contributed by atoms with van der Waals surface area (Å²) in [6.45, 7) is 5.99. The molecule has 27 heavy (non-hydrogen) atoms. The fourth-order valence-corrected chi connectivity index (χ4v) is 2.64. The number of hydrogen-bond acceptors (Lipinski definition) is 6. The maximum Gasteiger partial charge on any atom is 0.513 e. The van der Waals surface area contributed by atoms with Crippen molar-refractivity contribution in [1.29, 1.82) is 0 Å². The van der Waals surface area contributed by atoms with Gasteiger partial charge in [-0.1, -0.05) is 32.0 Å². The number of carbonyl (C=O) groups excluding carboxylic acids is 1. The second-order valence-electron chi connectivity index (χ2n) is 6.17. The van der Waals surface area contributed by atoms with Crippen LogP contribution in [0.3, 0.4) is 0 Å². The maximum atomic E-state index is 12.7. The standard InChI is InChI=1S/C21H20O6/c1-4-24-21(23)26-14-9-10-16-18(11-14)25-12-19(20(16)22)27-17-8-6-5-7-15(17)13(2)3/h5-13H,4H2,1-3H3. The Morgan fingerprint density at radius 1 is 1.11 bits per heavy atom. The average Bonchev–Trinajstić information content (AvgIpc) is 2.64. The van der Waals surface area contributed by atoms with E-state index in [0.29, 0.717) is 11.1 Å². The Labute approximate surface area is 156 Å². The molecule has 0 bridgehead atoms. The van der Waals surface area contributed by atoms with E-state index in [2.05, 4.69) is 13.8 Å². The third kappa shape index (κ3) is 4.11. The first kappa shape index (κ1) is 18.5. The van der Waals surface area contributed by atoms with Gasteiger partial charge in [-0.15, -0.1) is 0 Å². The van der Waals surface area contributed by atoms with Crippen molar-refractivity contribution in [2.45, 2.75) is 26.7 Å². The Morgan fingerprint density at radius 2 is 1.89 bits per heavy atom. The van der Waals surface area contributed by atoms with Crippen LogP contribution in [0.4, 0.5) is 4.79 Å². The number of fused-ring (bicyclic) bond motifs is 1. The van der Waals surface area contributed by atoms with Crippen LogP contribution in [0.1, 0.15) is 32.3 Å². The summed E-state index contributed by atoms with van der Waals surface area (Å²) >= 11 is 0. The van der Waals surface area contributed by atoms with Crippen LogP contribution in [-0.4, -0.2) is 12.8 Å². The lowest BCUT2D eigenvalue weighted by Crippen LogP contribution is -2.10. The van der Waals surface area contributed by atoms with Gasteiger partial charge in [-0.05, 0) is 36.6 Å². The SMILES string of the molecule is CCOC(=O)Oc1ccc2c(=O)c(Oc3ccccc3C(C)C)coc2c1. The third-order valence-corrected chi connectivity index (χ3v) is 3.94. The van der Waals surface area contributed by atoms with Gasteiger partial charge in [0, 0.05) is 6.07 Å². The second-order valence-corrected chi connectivity index (χ2v) is 6.17. The Morgan fingerprint density at radius 3 is 2.63 bits per heavy atom. The number of ether oxygens (including phenoxy) is 3. The molecule has 0 radical (unpaired) electrons. The minimum Gasteiger partial charge on any atom is -0.460 e. The van der Waals surface area contributed by atoms with E-state index in [1.54, 1.807) is 6.92 Å². The van der Waals surface area contributed by atoms with Gasteiger partial charge in [-0.2, -0.15) is 0 Å². The lowest BCUT2D eigenvalue weighted by atomic mass is 10.0. The molecule has 3 rings (SSSR count). The highest BCUT2D eigenvalue weighted by Gasteiger charge is 2.14. The minimum absolute atomic E-state index is 0.0923. The first-order chi connectivity index (χ1) is 13.0. The summed E-state index contributed by atoms with van der Waals surface area (Å²) in [4.78, 5) is 24.1. The van der Waals surface area contributed by atoms with Crippen molar-refractivity contribution in [2.24, 2.45) is 0 Å². The Hall–Kier alpha value is -3.28. The summed E-state index contributed by atoms with van der Waals surface area (Å²) in [6, 6.07) is 12.0. The van der Waals surface area contributed by atoms with E-state index in [9.17, 15) is 9.59 Å². The molecule has 0 fully saturated rings. The second kappa shape index (κ2) is 7.95. The lowest BCUT2D eigenvalue weighted by molar-refractivity contribution is 0.104. The molecular weight excluding hydrogens is 348 g/mol. The van der Waals surface area contributed by atoms with Crippen LogP contribution >= 0.6 is 0 Å². The number of para-hydroxylation sites is 1. The molecule has 0 amide bonds. The Balaban J connectivity index is 1.92. The Kier molecular flexibility index (Phi) is 5.45. The molecule has 2 aromatic carbocycles. The zero-order valence-corrected chi connectivity index (χ0v) is 15.4. The van der Waals surface area contributed by atoms with Crippen LogP contribution in [0.2, 0.25) is 0 Å². The van der Waals surface area contributed by atoms with Crippen molar-refractivity contribution in [1.82, 2.24) is 0 Å². The molecule has 140 valence electrons. The number of carbonyl (C=O) groups is 1.